The van der Waals surface area contributed by atoms with Crippen molar-refractivity contribution < 1.29 is 10.2 Å². The summed E-state index contributed by atoms with van der Waals surface area (Å²) in [5.41, 5.74) is 0.0329. The SMILES string of the molecule is CC1(C)CCC[C@]2(C)[C@H]3C4[C@@H](O)[C@@]12[C@H](O)[C@]43C. The fourth-order valence-electron chi connectivity index (χ4n) is 7.38. The lowest BCUT2D eigenvalue weighted by Crippen LogP contribution is -2.58. The molecule has 96 valence electrons. The molecule has 0 aliphatic heterocycles. The van der Waals surface area contributed by atoms with Crippen LogP contribution < -0.4 is 0 Å². The van der Waals surface area contributed by atoms with Gasteiger partial charge in [0.15, 0.2) is 0 Å². The van der Waals surface area contributed by atoms with Crippen molar-refractivity contribution in [2.75, 3.05) is 0 Å². The van der Waals surface area contributed by atoms with Crippen molar-refractivity contribution in [1.29, 1.82) is 0 Å². The molecular formula is C15H24O2. The minimum absolute atomic E-state index is 0.0236. The van der Waals surface area contributed by atoms with Crippen LogP contribution in [0.25, 0.3) is 0 Å². The van der Waals surface area contributed by atoms with Crippen molar-refractivity contribution in [1.82, 2.24) is 0 Å². The summed E-state index contributed by atoms with van der Waals surface area (Å²) in [5.74, 6) is 0.944. The Kier molecular flexibility index (Phi) is 1.49. The normalized spacial score (nSPS) is 70.2. The Bertz CT molecular complexity index is 417. The lowest BCUT2D eigenvalue weighted by Gasteiger charge is -2.58. The van der Waals surface area contributed by atoms with E-state index in [0.717, 1.165) is 6.42 Å². The maximum Gasteiger partial charge on any atom is 0.0692 e. The van der Waals surface area contributed by atoms with Gasteiger partial charge in [0.05, 0.1) is 12.2 Å². The molecule has 4 bridgehead atoms. The van der Waals surface area contributed by atoms with Crippen LogP contribution >= 0.6 is 0 Å². The fraction of sp³-hybridized carbons (Fsp3) is 1.00. The quantitative estimate of drug-likeness (QED) is 0.677. The smallest absolute Gasteiger partial charge is 0.0692 e. The molecule has 2 nitrogen and oxygen atoms in total. The van der Waals surface area contributed by atoms with Crippen LogP contribution in [0.5, 0.6) is 0 Å². The molecular weight excluding hydrogens is 212 g/mol. The van der Waals surface area contributed by atoms with Gasteiger partial charge < -0.3 is 10.2 Å². The van der Waals surface area contributed by atoms with Gasteiger partial charge in [0.25, 0.3) is 0 Å². The van der Waals surface area contributed by atoms with Gasteiger partial charge in [-0.25, -0.2) is 0 Å². The first-order chi connectivity index (χ1) is 7.76. The largest absolute Gasteiger partial charge is 0.392 e. The van der Waals surface area contributed by atoms with Crippen LogP contribution in [0.4, 0.5) is 0 Å². The van der Waals surface area contributed by atoms with Gasteiger partial charge >= 0.3 is 0 Å². The number of hydrogen-bond donors (Lipinski definition) is 2. The Balaban J connectivity index is 2.00. The van der Waals surface area contributed by atoms with Gasteiger partial charge in [-0.05, 0) is 35.5 Å². The molecule has 7 atom stereocenters. The van der Waals surface area contributed by atoms with E-state index in [4.69, 9.17) is 0 Å². The first-order valence-corrected chi connectivity index (χ1v) is 7.12. The number of aliphatic hydroxyl groups excluding tert-OH is 2. The minimum Gasteiger partial charge on any atom is -0.392 e. The van der Waals surface area contributed by atoms with Crippen molar-refractivity contribution in [2.45, 2.75) is 59.2 Å². The Morgan fingerprint density at radius 3 is 2.12 bits per heavy atom. The van der Waals surface area contributed by atoms with E-state index in [9.17, 15) is 10.2 Å². The molecule has 0 saturated heterocycles. The Hall–Kier alpha value is -0.0800. The second-order valence-electron chi connectivity index (χ2n) is 8.24. The standard InChI is InChI=1S/C15H24O2/c1-12(2)6-5-7-13(3)9-8-10(16)15(12,13)11(17)14(8,9)4/h8-11,16-17H,5-7H2,1-4H3/t8?,9-,10-,11-,13-,14-,15-/m1/s1. The number of hydrogen-bond acceptors (Lipinski definition) is 2. The van der Waals surface area contributed by atoms with E-state index in [2.05, 4.69) is 27.7 Å². The molecule has 2 N–H and O–H groups in total. The predicted molar refractivity (Wildman–Crippen MR) is 65.3 cm³/mol. The van der Waals surface area contributed by atoms with E-state index in [1.807, 2.05) is 0 Å². The predicted octanol–water partition coefficient (Wildman–Crippen LogP) is 2.19. The molecule has 5 fully saturated rings. The monoisotopic (exact) mass is 236 g/mol. The molecule has 0 aromatic heterocycles. The van der Waals surface area contributed by atoms with Crippen LogP contribution in [0.15, 0.2) is 0 Å². The highest BCUT2D eigenvalue weighted by atomic mass is 16.3. The Morgan fingerprint density at radius 2 is 1.65 bits per heavy atom. The van der Waals surface area contributed by atoms with E-state index in [-0.39, 0.29) is 33.9 Å². The van der Waals surface area contributed by atoms with Crippen LogP contribution in [-0.4, -0.2) is 22.4 Å². The molecule has 0 aromatic rings. The van der Waals surface area contributed by atoms with E-state index in [0.29, 0.717) is 11.8 Å². The second-order valence-corrected chi connectivity index (χ2v) is 8.24. The van der Waals surface area contributed by atoms with Crippen LogP contribution in [0.1, 0.15) is 47.0 Å². The molecule has 0 aromatic carbocycles. The van der Waals surface area contributed by atoms with Gasteiger partial charge in [-0.2, -0.15) is 0 Å². The zero-order valence-electron chi connectivity index (χ0n) is 11.3. The maximum atomic E-state index is 10.9. The van der Waals surface area contributed by atoms with Gasteiger partial charge in [0.2, 0.25) is 0 Å². The van der Waals surface area contributed by atoms with E-state index < -0.39 is 0 Å². The van der Waals surface area contributed by atoms with Crippen molar-refractivity contribution >= 4 is 0 Å². The first-order valence-electron chi connectivity index (χ1n) is 7.12. The van der Waals surface area contributed by atoms with Crippen LogP contribution in [0, 0.1) is 33.5 Å². The van der Waals surface area contributed by atoms with Crippen LogP contribution in [-0.2, 0) is 0 Å². The van der Waals surface area contributed by atoms with E-state index in [1.54, 1.807) is 0 Å². The van der Waals surface area contributed by atoms with Gasteiger partial charge in [-0.1, -0.05) is 34.1 Å². The lowest BCUT2D eigenvalue weighted by molar-refractivity contribution is -0.172. The molecule has 1 spiro atoms. The maximum absolute atomic E-state index is 10.9. The molecule has 2 heteroatoms. The third-order valence-corrected chi connectivity index (χ3v) is 7.71. The summed E-state index contributed by atoms with van der Waals surface area (Å²) >= 11 is 0. The van der Waals surface area contributed by atoms with E-state index in [1.165, 1.54) is 12.8 Å². The van der Waals surface area contributed by atoms with Crippen molar-refractivity contribution in [3.8, 4) is 0 Å². The summed E-state index contributed by atoms with van der Waals surface area (Å²) in [7, 11) is 0. The molecule has 5 aliphatic rings. The van der Waals surface area contributed by atoms with Crippen molar-refractivity contribution in [3.05, 3.63) is 0 Å². The highest BCUT2D eigenvalue weighted by Gasteiger charge is 2.96. The summed E-state index contributed by atoms with van der Waals surface area (Å²) in [6.45, 7) is 9.11. The average molecular weight is 236 g/mol. The highest BCUT2D eigenvalue weighted by molar-refractivity contribution is 5.43. The first kappa shape index (κ1) is 10.8. The van der Waals surface area contributed by atoms with Gasteiger partial charge in [-0.3, -0.25) is 0 Å². The highest BCUT2D eigenvalue weighted by Crippen LogP contribution is 2.94. The Morgan fingerprint density at radius 1 is 1.00 bits per heavy atom. The molecule has 0 amide bonds. The number of aliphatic hydroxyl groups is 2. The zero-order chi connectivity index (χ0) is 12.4. The molecule has 5 rings (SSSR count). The zero-order valence-corrected chi connectivity index (χ0v) is 11.3. The number of rotatable bonds is 0. The molecule has 17 heavy (non-hydrogen) atoms. The average Bonchev–Trinajstić information content (AvgIpc) is 2.66. The molecule has 0 heterocycles. The Labute approximate surface area is 103 Å². The topological polar surface area (TPSA) is 40.5 Å². The summed E-state index contributed by atoms with van der Waals surface area (Å²) in [6.07, 6.45) is 3.03. The summed E-state index contributed by atoms with van der Waals surface area (Å²) in [5, 5.41) is 21.7. The van der Waals surface area contributed by atoms with Crippen molar-refractivity contribution in [2.24, 2.45) is 33.5 Å². The van der Waals surface area contributed by atoms with E-state index >= 15 is 0 Å². The van der Waals surface area contributed by atoms with Crippen molar-refractivity contribution in [3.63, 3.8) is 0 Å². The van der Waals surface area contributed by atoms with Crippen LogP contribution in [0.2, 0.25) is 0 Å². The van der Waals surface area contributed by atoms with Gasteiger partial charge in [0.1, 0.15) is 0 Å². The third-order valence-electron chi connectivity index (χ3n) is 7.71. The van der Waals surface area contributed by atoms with Gasteiger partial charge in [-0.15, -0.1) is 0 Å². The summed E-state index contributed by atoms with van der Waals surface area (Å²) in [4.78, 5) is 0. The second kappa shape index (κ2) is 2.34. The summed E-state index contributed by atoms with van der Waals surface area (Å²) in [6, 6.07) is 0. The molecule has 5 aliphatic carbocycles. The minimum atomic E-state index is -0.291. The van der Waals surface area contributed by atoms with Gasteiger partial charge in [0, 0.05) is 10.8 Å². The fourth-order valence-corrected chi connectivity index (χ4v) is 7.38. The lowest BCUT2D eigenvalue weighted by atomic mass is 9.47. The molecule has 5 saturated carbocycles. The molecule has 1 unspecified atom stereocenters. The molecule has 0 radical (unpaired) electrons. The summed E-state index contributed by atoms with van der Waals surface area (Å²) < 4.78 is 0. The van der Waals surface area contributed by atoms with Crippen LogP contribution in [0.3, 0.4) is 0 Å². The third kappa shape index (κ3) is 0.669.